The molecule has 4 nitrogen and oxygen atoms in total. The maximum absolute atomic E-state index is 11.9. The third-order valence-corrected chi connectivity index (χ3v) is 3.40. The van der Waals surface area contributed by atoms with Crippen molar-refractivity contribution < 1.29 is 9.53 Å². The van der Waals surface area contributed by atoms with Crippen LogP contribution < -0.4 is 15.8 Å². The SMILES string of the molecule is NCCCCCC(=O)NC1CCOc2ccccc21. The van der Waals surface area contributed by atoms with Crippen LogP contribution in [0, 0.1) is 0 Å². The zero-order valence-electron chi connectivity index (χ0n) is 11.2. The molecular formula is C15H22N2O2. The number of fused-ring (bicyclic) bond motifs is 1. The molecule has 1 amide bonds. The Bertz CT molecular complexity index is 420. The number of unbranched alkanes of at least 4 members (excludes halogenated alkanes) is 2. The van der Waals surface area contributed by atoms with Crippen LogP contribution in [0.1, 0.15) is 43.7 Å². The van der Waals surface area contributed by atoms with Gasteiger partial charge in [0.05, 0.1) is 12.6 Å². The molecule has 1 atom stereocenters. The Balaban J connectivity index is 1.85. The van der Waals surface area contributed by atoms with Crippen LogP contribution in [-0.4, -0.2) is 19.1 Å². The van der Waals surface area contributed by atoms with Gasteiger partial charge < -0.3 is 15.8 Å². The average Bonchev–Trinajstić information content (AvgIpc) is 2.44. The van der Waals surface area contributed by atoms with Crippen LogP contribution in [0.2, 0.25) is 0 Å². The van der Waals surface area contributed by atoms with E-state index in [-0.39, 0.29) is 11.9 Å². The van der Waals surface area contributed by atoms with Crippen LogP contribution in [0.15, 0.2) is 24.3 Å². The van der Waals surface area contributed by atoms with Gasteiger partial charge in [-0.15, -0.1) is 0 Å². The quantitative estimate of drug-likeness (QED) is 0.772. The second-order valence-corrected chi connectivity index (χ2v) is 4.89. The number of nitrogens with one attached hydrogen (secondary N) is 1. The van der Waals surface area contributed by atoms with E-state index in [1.165, 1.54) is 0 Å². The maximum atomic E-state index is 11.9. The number of hydrogen-bond acceptors (Lipinski definition) is 3. The van der Waals surface area contributed by atoms with Crippen LogP contribution in [0.3, 0.4) is 0 Å². The minimum atomic E-state index is 0.0898. The Hall–Kier alpha value is -1.55. The van der Waals surface area contributed by atoms with Crippen molar-refractivity contribution in [2.75, 3.05) is 13.2 Å². The van der Waals surface area contributed by atoms with Crippen LogP contribution in [0.5, 0.6) is 5.75 Å². The summed E-state index contributed by atoms with van der Waals surface area (Å²) >= 11 is 0. The van der Waals surface area contributed by atoms with E-state index in [9.17, 15) is 4.79 Å². The topological polar surface area (TPSA) is 64.4 Å². The van der Waals surface area contributed by atoms with Crippen molar-refractivity contribution in [3.05, 3.63) is 29.8 Å². The van der Waals surface area contributed by atoms with Gasteiger partial charge in [-0.25, -0.2) is 0 Å². The molecule has 0 spiro atoms. The highest BCUT2D eigenvalue weighted by Crippen LogP contribution is 2.31. The van der Waals surface area contributed by atoms with Gasteiger partial charge in [0.1, 0.15) is 5.75 Å². The number of carbonyl (C=O) groups excluding carboxylic acids is 1. The molecule has 1 heterocycles. The molecule has 2 rings (SSSR count). The van der Waals surface area contributed by atoms with Crippen molar-refractivity contribution >= 4 is 5.91 Å². The molecule has 1 aromatic carbocycles. The van der Waals surface area contributed by atoms with E-state index in [0.29, 0.717) is 19.6 Å². The van der Waals surface area contributed by atoms with E-state index in [4.69, 9.17) is 10.5 Å². The first-order chi connectivity index (χ1) is 9.31. The number of rotatable bonds is 6. The van der Waals surface area contributed by atoms with Gasteiger partial charge in [-0.05, 0) is 25.5 Å². The number of benzene rings is 1. The highest BCUT2D eigenvalue weighted by atomic mass is 16.5. The fourth-order valence-corrected chi connectivity index (χ4v) is 2.37. The van der Waals surface area contributed by atoms with Gasteiger partial charge in [-0.2, -0.15) is 0 Å². The highest BCUT2D eigenvalue weighted by Gasteiger charge is 2.22. The van der Waals surface area contributed by atoms with Crippen LogP contribution >= 0.6 is 0 Å². The first-order valence-corrected chi connectivity index (χ1v) is 7.02. The molecule has 1 unspecified atom stereocenters. The lowest BCUT2D eigenvalue weighted by Gasteiger charge is -2.26. The van der Waals surface area contributed by atoms with Gasteiger partial charge >= 0.3 is 0 Å². The number of carbonyl (C=O) groups is 1. The number of para-hydroxylation sites is 1. The van der Waals surface area contributed by atoms with Gasteiger partial charge in [-0.3, -0.25) is 4.79 Å². The number of nitrogens with two attached hydrogens (primary N) is 1. The van der Waals surface area contributed by atoms with Crippen molar-refractivity contribution in [3.8, 4) is 5.75 Å². The second-order valence-electron chi connectivity index (χ2n) is 4.89. The molecule has 1 aliphatic heterocycles. The van der Waals surface area contributed by atoms with E-state index in [0.717, 1.165) is 37.0 Å². The standard InChI is InChI=1S/C15H22N2O2/c16-10-5-1-2-8-15(18)17-13-9-11-19-14-7-4-3-6-12(13)14/h3-4,6-7,13H,1-2,5,8-11,16H2,(H,17,18). The van der Waals surface area contributed by atoms with Gasteiger partial charge in [0.15, 0.2) is 0 Å². The predicted molar refractivity (Wildman–Crippen MR) is 75.0 cm³/mol. The van der Waals surface area contributed by atoms with E-state index < -0.39 is 0 Å². The molecule has 104 valence electrons. The lowest BCUT2D eigenvalue weighted by Crippen LogP contribution is -2.31. The first kappa shape index (κ1) is 13.9. The van der Waals surface area contributed by atoms with Crippen LogP contribution in [0.4, 0.5) is 0 Å². The summed E-state index contributed by atoms with van der Waals surface area (Å²) in [7, 11) is 0. The summed E-state index contributed by atoms with van der Waals surface area (Å²) in [6.07, 6.45) is 4.35. The molecule has 1 aliphatic rings. The van der Waals surface area contributed by atoms with E-state index in [1.54, 1.807) is 0 Å². The molecule has 0 saturated carbocycles. The minimum absolute atomic E-state index is 0.0898. The Labute approximate surface area is 114 Å². The summed E-state index contributed by atoms with van der Waals surface area (Å²) in [5, 5.41) is 3.10. The van der Waals surface area contributed by atoms with Gasteiger partial charge in [0.25, 0.3) is 0 Å². The third-order valence-electron chi connectivity index (χ3n) is 3.40. The molecule has 3 N–H and O–H groups in total. The number of amides is 1. The molecule has 4 heteroatoms. The van der Waals surface area contributed by atoms with Crippen molar-refractivity contribution in [1.82, 2.24) is 5.32 Å². The zero-order valence-corrected chi connectivity index (χ0v) is 11.2. The summed E-state index contributed by atoms with van der Waals surface area (Å²) < 4.78 is 5.58. The summed E-state index contributed by atoms with van der Waals surface area (Å²) in [4.78, 5) is 11.9. The zero-order chi connectivity index (χ0) is 13.5. The van der Waals surface area contributed by atoms with Crippen molar-refractivity contribution in [2.24, 2.45) is 5.73 Å². The second kappa shape index (κ2) is 7.14. The summed E-state index contributed by atoms with van der Waals surface area (Å²) in [6, 6.07) is 8.00. The lowest BCUT2D eigenvalue weighted by atomic mass is 10.0. The van der Waals surface area contributed by atoms with Crippen molar-refractivity contribution in [3.63, 3.8) is 0 Å². The Morgan fingerprint density at radius 2 is 2.16 bits per heavy atom. The van der Waals surface area contributed by atoms with E-state index >= 15 is 0 Å². The molecule has 0 aliphatic carbocycles. The predicted octanol–water partition coefficient (Wildman–Crippen LogP) is 2.15. The molecule has 0 bridgehead atoms. The Kier molecular flexibility index (Phi) is 5.21. The van der Waals surface area contributed by atoms with Crippen molar-refractivity contribution in [2.45, 2.75) is 38.1 Å². The Morgan fingerprint density at radius 3 is 3.00 bits per heavy atom. The minimum Gasteiger partial charge on any atom is -0.493 e. The van der Waals surface area contributed by atoms with Gasteiger partial charge in [0.2, 0.25) is 5.91 Å². The Morgan fingerprint density at radius 1 is 1.32 bits per heavy atom. The normalized spacial score (nSPS) is 17.4. The average molecular weight is 262 g/mol. The fourth-order valence-electron chi connectivity index (χ4n) is 2.37. The summed E-state index contributed by atoms with van der Waals surface area (Å²) in [5.74, 6) is 1.01. The van der Waals surface area contributed by atoms with Crippen molar-refractivity contribution in [1.29, 1.82) is 0 Å². The van der Waals surface area contributed by atoms with E-state index in [2.05, 4.69) is 5.32 Å². The molecule has 0 radical (unpaired) electrons. The monoisotopic (exact) mass is 262 g/mol. The molecule has 0 aromatic heterocycles. The first-order valence-electron chi connectivity index (χ1n) is 7.02. The largest absolute Gasteiger partial charge is 0.493 e. The number of ether oxygens (including phenoxy) is 1. The molecule has 0 saturated heterocycles. The van der Waals surface area contributed by atoms with Gasteiger partial charge in [0, 0.05) is 18.4 Å². The molecular weight excluding hydrogens is 240 g/mol. The third kappa shape index (κ3) is 3.96. The summed E-state index contributed by atoms with van der Waals surface area (Å²) in [6.45, 7) is 1.37. The van der Waals surface area contributed by atoms with E-state index in [1.807, 2.05) is 24.3 Å². The lowest BCUT2D eigenvalue weighted by molar-refractivity contribution is -0.122. The molecule has 0 fully saturated rings. The van der Waals surface area contributed by atoms with Crippen LogP contribution in [-0.2, 0) is 4.79 Å². The molecule has 19 heavy (non-hydrogen) atoms. The van der Waals surface area contributed by atoms with Gasteiger partial charge in [-0.1, -0.05) is 24.6 Å². The summed E-state index contributed by atoms with van der Waals surface area (Å²) in [5.41, 5.74) is 6.52. The van der Waals surface area contributed by atoms with Crippen LogP contribution in [0.25, 0.3) is 0 Å². The molecule has 1 aromatic rings. The maximum Gasteiger partial charge on any atom is 0.220 e. The number of hydrogen-bond donors (Lipinski definition) is 2. The smallest absolute Gasteiger partial charge is 0.220 e. The fraction of sp³-hybridized carbons (Fsp3) is 0.533. The highest BCUT2D eigenvalue weighted by molar-refractivity contribution is 5.76.